The van der Waals surface area contributed by atoms with Gasteiger partial charge in [-0.1, -0.05) is 22.9 Å². The fourth-order valence-electron chi connectivity index (χ4n) is 1.24. The number of aromatic amines is 1. The Morgan fingerprint density at radius 1 is 1.47 bits per heavy atom. The molecule has 0 bridgehead atoms. The average Bonchev–Trinajstić information content (AvgIpc) is 2.70. The maximum absolute atomic E-state index is 13.5. The van der Waals surface area contributed by atoms with Crippen molar-refractivity contribution in [2.75, 3.05) is 0 Å². The Labute approximate surface area is 94.9 Å². The first kappa shape index (κ1) is 10.3. The summed E-state index contributed by atoms with van der Waals surface area (Å²) in [6, 6.07) is 4.70. The van der Waals surface area contributed by atoms with Gasteiger partial charge in [0.1, 0.15) is 11.6 Å². The van der Waals surface area contributed by atoms with Gasteiger partial charge in [-0.2, -0.15) is 5.10 Å². The number of halogens is 2. The molecular formula is C10H9BrFN3. The first-order valence-corrected chi connectivity index (χ1v) is 5.36. The van der Waals surface area contributed by atoms with E-state index in [0.29, 0.717) is 11.4 Å². The van der Waals surface area contributed by atoms with Crippen molar-refractivity contribution < 1.29 is 4.39 Å². The van der Waals surface area contributed by atoms with E-state index in [4.69, 9.17) is 0 Å². The van der Waals surface area contributed by atoms with Crippen molar-refractivity contribution in [2.45, 2.75) is 13.3 Å². The van der Waals surface area contributed by atoms with E-state index in [1.165, 1.54) is 6.07 Å². The molecule has 0 aliphatic heterocycles. The van der Waals surface area contributed by atoms with Crippen molar-refractivity contribution in [1.29, 1.82) is 0 Å². The van der Waals surface area contributed by atoms with Crippen LogP contribution in [0.1, 0.15) is 12.7 Å². The standard InChI is InChI=1S/C10H9BrFN3/c1-2-9-13-10(15-14-9)7-5-6(11)3-4-8(7)12/h3-5H,2H2,1H3,(H,13,14,15). The molecular weight excluding hydrogens is 261 g/mol. The van der Waals surface area contributed by atoms with Crippen molar-refractivity contribution in [1.82, 2.24) is 15.2 Å². The quantitative estimate of drug-likeness (QED) is 0.911. The van der Waals surface area contributed by atoms with Gasteiger partial charge in [-0.3, -0.25) is 5.10 Å². The minimum absolute atomic E-state index is 0.320. The van der Waals surface area contributed by atoms with Crippen LogP contribution in [0, 0.1) is 5.82 Å². The van der Waals surface area contributed by atoms with Crippen LogP contribution in [0.2, 0.25) is 0 Å². The predicted octanol–water partition coefficient (Wildman–Crippen LogP) is 2.94. The van der Waals surface area contributed by atoms with Gasteiger partial charge < -0.3 is 0 Å². The van der Waals surface area contributed by atoms with E-state index in [9.17, 15) is 4.39 Å². The van der Waals surface area contributed by atoms with Gasteiger partial charge in [0.05, 0.1) is 5.56 Å². The summed E-state index contributed by atoms with van der Waals surface area (Å²) in [4.78, 5) is 4.17. The SMILES string of the molecule is CCc1nc(-c2cc(Br)ccc2F)n[nH]1. The fourth-order valence-corrected chi connectivity index (χ4v) is 1.60. The zero-order valence-electron chi connectivity index (χ0n) is 8.09. The molecule has 0 atom stereocenters. The fraction of sp³-hybridized carbons (Fsp3) is 0.200. The van der Waals surface area contributed by atoms with Crippen LogP contribution in [0.15, 0.2) is 22.7 Å². The molecule has 1 N–H and O–H groups in total. The lowest BCUT2D eigenvalue weighted by Gasteiger charge is -1.98. The highest BCUT2D eigenvalue weighted by Crippen LogP contribution is 2.23. The lowest BCUT2D eigenvalue weighted by molar-refractivity contribution is 0.629. The first-order chi connectivity index (χ1) is 7.20. The summed E-state index contributed by atoms with van der Waals surface area (Å²) >= 11 is 3.29. The smallest absolute Gasteiger partial charge is 0.184 e. The summed E-state index contributed by atoms with van der Waals surface area (Å²) in [7, 11) is 0. The number of benzene rings is 1. The molecule has 0 radical (unpaired) electrons. The summed E-state index contributed by atoms with van der Waals surface area (Å²) < 4.78 is 14.3. The van der Waals surface area contributed by atoms with Crippen molar-refractivity contribution in [2.24, 2.45) is 0 Å². The van der Waals surface area contributed by atoms with Crippen LogP contribution in [-0.2, 0) is 6.42 Å². The van der Waals surface area contributed by atoms with Crippen LogP contribution in [0.3, 0.4) is 0 Å². The highest BCUT2D eigenvalue weighted by molar-refractivity contribution is 9.10. The zero-order chi connectivity index (χ0) is 10.8. The Balaban J connectivity index is 2.48. The van der Waals surface area contributed by atoms with E-state index in [1.807, 2.05) is 6.92 Å². The molecule has 0 unspecified atom stereocenters. The molecule has 2 aromatic rings. The largest absolute Gasteiger partial charge is 0.263 e. The molecule has 0 fully saturated rings. The van der Waals surface area contributed by atoms with Crippen molar-refractivity contribution in [3.63, 3.8) is 0 Å². The molecule has 3 nitrogen and oxygen atoms in total. The second-order valence-corrected chi connectivity index (χ2v) is 4.00. The van der Waals surface area contributed by atoms with E-state index in [-0.39, 0.29) is 5.82 Å². The number of rotatable bonds is 2. The van der Waals surface area contributed by atoms with Crippen LogP contribution < -0.4 is 0 Å². The molecule has 78 valence electrons. The summed E-state index contributed by atoms with van der Waals surface area (Å²) in [5.41, 5.74) is 0.403. The Bertz CT molecular complexity index is 481. The summed E-state index contributed by atoms with van der Waals surface area (Å²) in [5.74, 6) is 0.829. The van der Waals surface area contributed by atoms with Crippen molar-refractivity contribution in [3.05, 3.63) is 34.3 Å². The Kier molecular flexibility index (Phi) is 2.81. The van der Waals surface area contributed by atoms with E-state index in [0.717, 1.165) is 16.7 Å². The highest BCUT2D eigenvalue weighted by atomic mass is 79.9. The summed E-state index contributed by atoms with van der Waals surface area (Å²) in [6.45, 7) is 1.96. The third kappa shape index (κ3) is 2.07. The molecule has 0 saturated carbocycles. The van der Waals surface area contributed by atoms with Gasteiger partial charge in [0.25, 0.3) is 0 Å². The number of hydrogen-bond donors (Lipinski definition) is 1. The molecule has 1 heterocycles. The van der Waals surface area contributed by atoms with Crippen LogP contribution in [0.25, 0.3) is 11.4 Å². The minimum Gasteiger partial charge on any atom is -0.263 e. The lowest BCUT2D eigenvalue weighted by atomic mass is 10.2. The van der Waals surface area contributed by atoms with Crippen LogP contribution in [-0.4, -0.2) is 15.2 Å². The van der Waals surface area contributed by atoms with E-state index in [1.54, 1.807) is 12.1 Å². The van der Waals surface area contributed by atoms with E-state index < -0.39 is 0 Å². The number of aromatic nitrogens is 3. The lowest BCUT2D eigenvalue weighted by Crippen LogP contribution is -1.87. The Hall–Kier alpha value is -1.23. The number of aryl methyl sites for hydroxylation is 1. The Morgan fingerprint density at radius 2 is 2.27 bits per heavy atom. The maximum atomic E-state index is 13.5. The molecule has 0 aliphatic rings. The third-order valence-electron chi connectivity index (χ3n) is 2.04. The number of H-pyrrole nitrogens is 1. The molecule has 1 aromatic heterocycles. The predicted molar refractivity (Wildman–Crippen MR) is 58.9 cm³/mol. The van der Waals surface area contributed by atoms with Gasteiger partial charge in [-0.25, -0.2) is 9.37 Å². The van der Waals surface area contributed by atoms with Gasteiger partial charge in [0, 0.05) is 10.9 Å². The molecule has 0 amide bonds. The van der Waals surface area contributed by atoms with Crippen LogP contribution in [0.5, 0.6) is 0 Å². The average molecular weight is 270 g/mol. The van der Waals surface area contributed by atoms with Crippen LogP contribution >= 0.6 is 15.9 Å². The van der Waals surface area contributed by atoms with Gasteiger partial charge in [0.2, 0.25) is 0 Å². The monoisotopic (exact) mass is 269 g/mol. The molecule has 0 aliphatic carbocycles. The molecule has 2 rings (SSSR count). The maximum Gasteiger partial charge on any atom is 0.184 e. The minimum atomic E-state index is -0.320. The number of nitrogens with one attached hydrogen (secondary N) is 1. The van der Waals surface area contributed by atoms with Gasteiger partial charge in [0.15, 0.2) is 5.82 Å². The molecule has 0 spiro atoms. The van der Waals surface area contributed by atoms with Gasteiger partial charge in [-0.05, 0) is 18.2 Å². The second kappa shape index (κ2) is 4.10. The van der Waals surface area contributed by atoms with E-state index >= 15 is 0 Å². The zero-order valence-corrected chi connectivity index (χ0v) is 9.68. The molecule has 0 saturated heterocycles. The molecule has 5 heteroatoms. The molecule has 15 heavy (non-hydrogen) atoms. The number of nitrogens with zero attached hydrogens (tertiary/aromatic N) is 2. The van der Waals surface area contributed by atoms with Crippen molar-refractivity contribution in [3.8, 4) is 11.4 Å². The third-order valence-corrected chi connectivity index (χ3v) is 2.53. The molecule has 1 aromatic carbocycles. The number of hydrogen-bond acceptors (Lipinski definition) is 2. The highest BCUT2D eigenvalue weighted by Gasteiger charge is 2.10. The summed E-state index contributed by atoms with van der Waals surface area (Å²) in [6.07, 6.45) is 0.753. The topological polar surface area (TPSA) is 41.6 Å². The second-order valence-electron chi connectivity index (χ2n) is 3.08. The van der Waals surface area contributed by atoms with Gasteiger partial charge >= 0.3 is 0 Å². The van der Waals surface area contributed by atoms with Crippen LogP contribution in [0.4, 0.5) is 4.39 Å². The Morgan fingerprint density at radius 3 is 2.93 bits per heavy atom. The van der Waals surface area contributed by atoms with E-state index in [2.05, 4.69) is 31.1 Å². The summed E-state index contributed by atoms with van der Waals surface area (Å²) in [5, 5.41) is 6.72. The van der Waals surface area contributed by atoms with Gasteiger partial charge in [-0.15, -0.1) is 0 Å². The van der Waals surface area contributed by atoms with Crippen molar-refractivity contribution >= 4 is 15.9 Å². The normalized spacial score (nSPS) is 10.6. The first-order valence-electron chi connectivity index (χ1n) is 4.57.